The smallest absolute Gasteiger partial charge is 0.243 e. The van der Waals surface area contributed by atoms with Gasteiger partial charge in [0.25, 0.3) is 0 Å². The number of para-hydroxylation sites is 1. The first kappa shape index (κ1) is 23.1. The number of benzene rings is 1. The molecule has 4 aromatic heterocycles. The predicted octanol–water partition coefficient (Wildman–Crippen LogP) is 3.66. The van der Waals surface area contributed by atoms with E-state index in [4.69, 9.17) is 4.74 Å². The van der Waals surface area contributed by atoms with E-state index < -0.39 is 21.4 Å². The first-order valence-electron chi connectivity index (χ1n) is 11.1. The molecular weight excluding hydrogens is 466 g/mol. The summed E-state index contributed by atoms with van der Waals surface area (Å²) in [4.78, 5) is 12.8. The van der Waals surface area contributed by atoms with Crippen LogP contribution in [0, 0.1) is 20.8 Å². The number of sulfonamides is 1. The lowest BCUT2D eigenvalue weighted by Crippen LogP contribution is -2.33. The largest absolute Gasteiger partial charge is 0.372 e. The Bertz CT molecular complexity index is 1680. The van der Waals surface area contributed by atoms with Crippen molar-refractivity contribution in [1.29, 1.82) is 0 Å². The van der Waals surface area contributed by atoms with Gasteiger partial charge in [0, 0.05) is 48.1 Å². The van der Waals surface area contributed by atoms with Crippen molar-refractivity contribution in [3.63, 3.8) is 0 Å². The third kappa shape index (κ3) is 3.76. The summed E-state index contributed by atoms with van der Waals surface area (Å²) in [5, 5.41) is 10.3. The second kappa shape index (κ2) is 8.51. The lowest BCUT2D eigenvalue weighted by atomic mass is 10.0. The van der Waals surface area contributed by atoms with Gasteiger partial charge < -0.3 is 4.74 Å². The van der Waals surface area contributed by atoms with Gasteiger partial charge in [-0.1, -0.05) is 18.2 Å². The zero-order chi connectivity index (χ0) is 24.9. The van der Waals surface area contributed by atoms with Gasteiger partial charge in [-0.25, -0.2) is 18.4 Å². The van der Waals surface area contributed by atoms with Crippen LogP contribution in [0.5, 0.6) is 0 Å². The highest BCUT2D eigenvalue weighted by atomic mass is 32.2. The standard InChI is InChI=1S/C24H25N7O3S/c1-13-9-26-22(27-10-13)21(34-5)16(4)35(32,33)30-24-29-28-23-18-12-25-11-15(3)19(18)17-8-6-7-14(2)20(17)31(23)24/h6-12,16,21H,1-5H3,(H,29,30)/t16-,21-/m0/s1. The molecule has 35 heavy (non-hydrogen) atoms. The highest BCUT2D eigenvalue weighted by molar-refractivity contribution is 7.93. The molecule has 5 aromatic rings. The second-order valence-corrected chi connectivity index (χ2v) is 10.7. The van der Waals surface area contributed by atoms with Gasteiger partial charge in [-0.2, -0.15) is 0 Å². The van der Waals surface area contributed by atoms with Crippen LogP contribution in [0.15, 0.2) is 43.0 Å². The first-order valence-corrected chi connectivity index (χ1v) is 12.6. The number of methoxy groups -OCH3 is 1. The fourth-order valence-electron chi connectivity index (χ4n) is 4.43. The van der Waals surface area contributed by atoms with Crippen LogP contribution < -0.4 is 4.72 Å². The van der Waals surface area contributed by atoms with E-state index in [-0.39, 0.29) is 11.8 Å². The van der Waals surface area contributed by atoms with Crippen LogP contribution in [0.3, 0.4) is 0 Å². The minimum absolute atomic E-state index is 0.0919. The molecule has 4 heterocycles. The number of ether oxygens (including phenoxy) is 1. The molecule has 5 rings (SSSR count). The Balaban J connectivity index is 1.66. The normalized spacial score (nSPS) is 14.0. The molecule has 0 fully saturated rings. The molecule has 2 atom stereocenters. The van der Waals surface area contributed by atoms with Crippen LogP contribution in [0.4, 0.5) is 5.95 Å². The number of rotatable bonds is 6. The number of aromatic nitrogens is 6. The van der Waals surface area contributed by atoms with Crippen molar-refractivity contribution >= 4 is 43.3 Å². The Kier molecular flexibility index (Phi) is 5.60. The summed E-state index contributed by atoms with van der Waals surface area (Å²) in [7, 11) is -2.55. The van der Waals surface area contributed by atoms with Crippen LogP contribution in [0.1, 0.15) is 35.5 Å². The Labute approximate surface area is 202 Å². The summed E-state index contributed by atoms with van der Waals surface area (Å²) in [6.07, 6.45) is 5.91. The van der Waals surface area contributed by atoms with E-state index in [1.165, 1.54) is 7.11 Å². The molecule has 0 bridgehead atoms. The van der Waals surface area contributed by atoms with Gasteiger partial charge in [0.1, 0.15) is 11.4 Å². The van der Waals surface area contributed by atoms with Crippen LogP contribution >= 0.6 is 0 Å². The van der Waals surface area contributed by atoms with Crippen LogP contribution in [0.2, 0.25) is 0 Å². The van der Waals surface area contributed by atoms with E-state index in [0.717, 1.165) is 38.4 Å². The average molecular weight is 492 g/mol. The third-order valence-corrected chi connectivity index (χ3v) is 7.92. The Morgan fingerprint density at radius 3 is 2.43 bits per heavy atom. The summed E-state index contributed by atoms with van der Waals surface area (Å²) < 4.78 is 36.8. The molecule has 0 spiro atoms. The van der Waals surface area contributed by atoms with E-state index in [1.807, 2.05) is 39.0 Å². The minimum atomic E-state index is -3.98. The molecule has 0 unspecified atom stereocenters. The highest BCUT2D eigenvalue weighted by Crippen LogP contribution is 2.34. The van der Waals surface area contributed by atoms with Gasteiger partial charge >= 0.3 is 0 Å². The number of pyridine rings is 2. The minimum Gasteiger partial charge on any atom is -0.372 e. The van der Waals surface area contributed by atoms with Gasteiger partial charge in [-0.3, -0.25) is 14.1 Å². The van der Waals surface area contributed by atoms with E-state index in [0.29, 0.717) is 5.65 Å². The summed E-state index contributed by atoms with van der Waals surface area (Å²) in [6.45, 7) is 7.37. The molecule has 1 aromatic carbocycles. The number of anilines is 1. The van der Waals surface area contributed by atoms with Crippen molar-refractivity contribution in [2.24, 2.45) is 0 Å². The van der Waals surface area contributed by atoms with Crippen molar-refractivity contribution < 1.29 is 13.2 Å². The lowest BCUT2D eigenvalue weighted by molar-refractivity contribution is 0.0949. The number of nitrogens with zero attached hydrogens (tertiary/aromatic N) is 6. The maximum Gasteiger partial charge on any atom is 0.243 e. The SMILES string of the molecule is CO[C@H](c1ncc(C)cn1)[C@H](C)S(=O)(=O)Nc1nnc2c3cncc(C)c3c3cccc(C)c3n12. The van der Waals surface area contributed by atoms with Gasteiger partial charge in [-0.15, -0.1) is 10.2 Å². The molecule has 0 saturated carbocycles. The highest BCUT2D eigenvalue weighted by Gasteiger charge is 2.34. The van der Waals surface area contributed by atoms with Gasteiger partial charge in [0.15, 0.2) is 11.5 Å². The molecule has 180 valence electrons. The topological polar surface area (TPSA) is 124 Å². The van der Waals surface area contributed by atoms with Crippen molar-refractivity contribution in [3.8, 4) is 0 Å². The molecular formula is C24H25N7O3S. The van der Waals surface area contributed by atoms with Gasteiger partial charge in [-0.05, 0) is 44.4 Å². The molecule has 0 aliphatic heterocycles. The molecule has 0 radical (unpaired) electrons. The number of hydrogen-bond acceptors (Lipinski definition) is 8. The summed E-state index contributed by atoms with van der Waals surface area (Å²) >= 11 is 0. The first-order chi connectivity index (χ1) is 16.7. The maximum atomic E-state index is 13.5. The quantitative estimate of drug-likeness (QED) is 0.357. The fraction of sp³-hybridized carbons (Fsp3) is 0.292. The Morgan fingerprint density at radius 2 is 1.71 bits per heavy atom. The van der Waals surface area contributed by atoms with Gasteiger partial charge in [0.2, 0.25) is 16.0 Å². The number of aryl methyl sites for hydroxylation is 3. The van der Waals surface area contributed by atoms with Gasteiger partial charge in [0.05, 0.1) is 5.52 Å². The Morgan fingerprint density at radius 1 is 0.971 bits per heavy atom. The summed E-state index contributed by atoms with van der Waals surface area (Å²) in [5.74, 6) is 0.380. The van der Waals surface area contributed by atoms with E-state index in [2.05, 4.69) is 29.9 Å². The number of nitrogens with one attached hydrogen (secondary N) is 1. The molecule has 0 saturated heterocycles. The molecule has 1 N–H and O–H groups in total. The number of fused-ring (bicyclic) bond motifs is 6. The van der Waals surface area contributed by atoms with E-state index in [9.17, 15) is 8.42 Å². The van der Waals surface area contributed by atoms with Crippen LogP contribution in [0.25, 0.3) is 27.3 Å². The van der Waals surface area contributed by atoms with Crippen molar-refractivity contribution in [1.82, 2.24) is 29.5 Å². The molecule has 0 aliphatic rings. The summed E-state index contributed by atoms with van der Waals surface area (Å²) in [6, 6.07) is 5.96. The second-order valence-electron chi connectivity index (χ2n) is 8.66. The summed E-state index contributed by atoms with van der Waals surface area (Å²) in [5.41, 5.74) is 4.17. The van der Waals surface area contributed by atoms with Crippen LogP contribution in [-0.2, 0) is 14.8 Å². The maximum absolute atomic E-state index is 13.5. The number of hydrogen-bond donors (Lipinski definition) is 1. The molecule has 0 aliphatic carbocycles. The zero-order valence-corrected chi connectivity index (χ0v) is 20.8. The van der Waals surface area contributed by atoms with E-state index in [1.54, 1.807) is 36.1 Å². The molecule has 0 amide bonds. The van der Waals surface area contributed by atoms with Crippen molar-refractivity contribution in [2.75, 3.05) is 11.8 Å². The molecule has 11 heteroatoms. The average Bonchev–Trinajstić information content (AvgIpc) is 3.24. The lowest BCUT2D eigenvalue weighted by Gasteiger charge is -2.22. The van der Waals surface area contributed by atoms with E-state index >= 15 is 0 Å². The third-order valence-electron chi connectivity index (χ3n) is 6.23. The predicted molar refractivity (Wildman–Crippen MR) is 134 cm³/mol. The zero-order valence-electron chi connectivity index (χ0n) is 20.0. The Hall–Kier alpha value is -3.70. The fourth-order valence-corrected chi connectivity index (χ4v) is 5.56. The molecule has 10 nitrogen and oxygen atoms in total. The van der Waals surface area contributed by atoms with Crippen LogP contribution in [-0.4, -0.2) is 50.3 Å². The van der Waals surface area contributed by atoms with Crippen molar-refractivity contribution in [2.45, 2.75) is 39.0 Å². The monoisotopic (exact) mass is 491 g/mol. The van der Waals surface area contributed by atoms with Crippen molar-refractivity contribution in [3.05, 3.63) is 65.5 Å².